The predicted octanol–water partition coefficient (Wildman–Crippen LogP) is 5.37. The molecule has 28 heavy (non-hydrogen) atoms. The molecule has 0 spiro atoms. The summed E-state index contributed by atoms with van der Waals surface area (Å²) in [5, 5.41) is 12.7. The van der Waals surface area contributed by atoms with E-state index in [0.29, 0.717) is 6.61 Å². The zero-order chi connectivity index (χ0) is 19.5. The predicted molar refractivity (Wildman–Crippen MR) is 112 cm³/mol. The molecule has 0 fully saturated rings. The van der Waals surface area contributed by atoms with Crippen LogP contribution in [0.4, 0.5) is 0 Å². The maximum absolute atomic E-state index is 11.3. The Balaban J connectivity index is 1.62. The fourth-order valence-electron chi connectivity index (χ4n) is 3.44. The van der Waals surface area contributed by atoms with Crippen molar-refractivity contribution in [1.82, 2.24) is 4.98 Å². The molecule has 1 heterocycles. The molecule has 0 aliphatic rings. The van der Waals surface area contributed by atoms with E-state index in [1.807, 2.05) is 24.3 Å². The molecule has 0 aliphatic heterocycles. The fraction of sp³-hybridized carbons (Fsp3) is 0.125. The van der Waals surface area contributed by atoms with Crippen LogP contribution < -0.4 is 0 Å². The molecule has 0 radical (unpaired) electrons. The van der Waals surface area contributed by atoms with Gasteiger partial charge in [0.15, 0.2) is 0 Å². The van der Waals surface area contributed by atoms with Crippen molar-refractivity contribution in [3.8, 4) is 0 Å². The molecule has 4 nitrogen and oxygen atoms in total. The average molecular weight is 371 g/mol. The summed E-state index contributed by atoms with van der Waals surface area (Å²) in [4.78, 5) is 14.7. The molecule has 4 rings (SSSR count). The summed E-state index contributed by atoms with van der Waals surface area (Å²) < 4.78 is 5.19. The van der Waals surface area contributed by atoms with Crippen molar-refractivity contribution in [3.63, 3.8) is 0 Å². The fourth-order valence-corrected chi connectivity index (χ4v) is 3.44. The van der Waals surface area contributed by atoms with Crippen molar-refractivity contribution in [2.45, 2.75) is 13.3 Å². The molecule has 2 N–H and O–H groups in total. The highest BCUT2D eigenvalue weighted by atomic mass is 16.5. The average Bonchev–Trinajstić information content (AvgIpc) is 3.09. The number of hydrogen-bond acceptors (Lipinski definition) is 2. The Kier molecular flexibility index (Phi) is 4.85. The number of benzene rings is 3. The maximum Gasteiger partial charge on any atom is 0.371 e. The minimum atomic E-state index is -1.06. The van der Waals surface area contributed by atoms with Crippen molar-refractivity contribution in [2.75, 3.05) is 6.61 Å². The first-order valence-corrected chi connectivity index (χ1v) is 9.29. The first-order valence-electron chi connectivity index (χ1n) is 9.29. The van der Waals surface area contributed by atoms with E-state index < -0.39 is 5.97 Å². The highest BCUT2D eigenvalue weighted by Crippen LogP contribution is 2.22. The molecular formula is C24H21NO3. The highest BCUT2D eigenvalue weighted by Gasteiger charge is 2.09. The number of ether oxygens (including phenoxy) is 1. The Hall–Kier alpha value is -3.53. The first-order chi connectivity index (χ1) is 13.6. The smallest absolute Gasteiger partial charge is 0.371 e. The van der Waals surface area contributed by atoms with E-state index in [2.05, 4.69) is 47.4 Å². The van der Waals surface area contributed by atoms with Crippen LogP contribution in [-0.4, -0.2) is 22.7 Å². The number of H-pyrrole nitrogens is 1. The number of nitrogens with one attached hydrogen (secondary N) is 1. The molecule has 0 bridgehead atoms. The summed E-state index contributed by atoms with van der Waals surface area (Å²) >= 11 is 0. The zero-order valence-corrected chi connectivity index (χ0v) is 15.6. The Morgan fingerprint density at radius 1 is 1.00 bits per heavy atom. The van der Waals surface area contributed by atoms with Crippen molar-refractivity contribution in [1.29, 1.82) is 0 Å². The third-order valence-corrected chi connectivity index (χ3v) is 4.72. The van der Waals surface area contributed by atoms with Crippen LogP contribution in [0.1, 0.15) is 23.7 Å². The summed E-state index contributed by atoms with van der Waals surface area (Å²) in [6.45, 7) is 2.09. The van der Waals surface area contributed by atoms with Gasteiger partial charge in [-0.25, -0.2) is 4.79 Å². The van der Waals surface area contributed by atoms with Gasteiger partial charge in [0, 0.05) is 23.0 Å². The van der Waals surface area contributed by atoms with Gasteiger partial charge in [-0.15, -0.1) is 0 Å². The van der Waals surface area contributed by atoms with Crippen LogP contribution in [0.2, 0.25) is 0 Å². The minimum absolute atomic E-state index is 0.0474. The van der Waals surface area contributed by atoms with Crippen LogP contribution in [0.5, 0.6) is 0 Å². The lowest BCUT2D eigenvalue weighted by atomic mass is 10.0. The van der Waals surface area contributed by atoms with Gasteiger partial charge >= 0.3 is 5.97 Å². The van der Waals surface area contributed by atoms with Crippen molar-refractivity contribution < 1.29 is 14.6 Å². The lowest BCUT2D eigenvalue weighted by Gasteiger charge is -2.03. The number of rotatable bonds is 6. The van der Waals surface area contributed by atoms with Crippen LogP contribution in [0.3, 0.4) is 0 Å². The molecule has 4 heteroatoms. The number of hydrogen-bond donors (Lipinski definition) is 2. The molecule has 0 atom stereocenters. The molecule has 4 aromatic rings. The quantitative estimate of drug-likeness (QED) is 0.354. The van der Waals surface area contributed by atoms with Crippen LogP contribution in [0.25, 0.3) is 27.8 Å². The topological polar surface area (TPSA) is 62.3 Å². The second-order valence-corrected chi connectivity index (χ2v) is 6.75. The number of carboxylic acid groups (broad SMARTS) is 1. The monoisotopic (exact) mass is 371 g/mol. The van der Waals surface area contributed by atoms with E-state index in [9.17, 15) is 9.90 Å². The molecule has 0 aliphatic carbocycles. The SMILES string of the molecule is CCO/C(=C\c1ccc2[nH]c(Cc3ccc4ccccc4c3)cc2c1)C(=O)O. The number of fused-ring (bicyclic) bond motifs is 2. The number of aromatic nitrogens is 1. The maximum atomic E-state index is 11.3. The molecule has 140 valence electrons. The van der Waals surface area contributed by atoms with E-state index in [1.165, 1.54) is 16.3 Å². The second kappa shape index (κ2) is 7.61. The van der Waals surface area contributed by atoms with Gasteiger partial charge in [-0.05, 0) is 53.1 Å². The van der Waals surface area contributed by atoms with Crippen LogP contribution in [0.15, 0.2) is 72.5 Å². The van der Waals surface area contributed by atoms with E-state index >= 15 is 0 Å². The summed E-state index contributed by atoms with van der Waals surface area (Å²) in [7, 11) is 0. The van der Waals surface area contributed by atoms with Crippen molar-refractivity contribution in [2.24, 2.45) is 0 Å². The Morgan fingerprint density at radius 2 is 1.82 bits per heavy atom. The molecule has 0 saturated carbocycles. The molecule has 0 unspecified atom stereocenters. The summed E-state index contributed by atoms with van der Waals surface area (Å²) in [6.07, 6.45) is 2.37. The van der Waals surface area contributed by atoms with Crippen LogP contribution in [-0.2, 0) is 16.0 Å². The molecule has 0 saturated heterocycles. The van der Waals surface area contributed by atoms with Gasteiger partial charge in [-0.3, -0.25) is 0 Å². The van der Waals surface area contributed by atoms with Gasteiger partial charge in [0.25, 0.3) is 0 Å². The van der Waals surface area contributed by atoms with E-state index in [1.54, 1.807) is 13.0 Å². The van der Waals surface area contributed by atoms with E-state index in [4.69, 9.17) is 4.74 Å². The molecular weight excluding hydrogens is 350 g/mol. The Morgan fingerprint density at radius 3 is 2.61 bits per heavy atom. The summed E-state index contributed by atoms with van der Waals surface area (Å²) in [5.41, 5.74) is 4.19. The first kappa shape index (κ1) is 17.9. The van der Waals surface area contributed by atoms with Gasteiger partial charge in [0.2, 0.25) is 5.76 Å². The molecule has 0 amide bonds. The highest BCUT2D eigenvalue weighted by molar-refractivity contribution is 5.91. The lowest BCUT2D eigenvalue weighted by Crippen LogP contribution is -2.04. The van der Waals surface area contributed by atoms with Crippen molar-refractivity contribution in [3.05, 3.63) is 89.3 Å². The van der Waals surface area contributed by atoms with Gasteiger partial charge in [-0.1, -0.05) is 48.5 Å². The summed E-state index contributed by atoms with van der Waals surface area (Å²) in [5.74, 6) is -1.11. The normalized spacial score (nSPS) is 11.8. The number of carbonyl (C=O) groups is 1. The minimum Gasteiger partial charge on any atom is -0.487 e. The van der Waals surface area contributed by atoms with Gasteiger partial charge < -0.3 is 14.8 Å². The third-order valence-electron chi connectivity index (χ3n) is 4.72. The van der Waals surface area contributed by atoms with Crippen LogP contribution in [0, 0.1) is 0 Å². The zero-order valence-electron chi connectivity index (χ0n) is 15.6. The molecule has 1 aromatic heterocycles. The number of aliphatic carboxylic acids is 1. The Bertz CT molecular complexity index is 1190. The standard InChI is InChI=1S/C24H21NO3/c1-2-28-23(24(26)27)14-17-8-10-22-20(12-17)15-21(25-22)13-16-7-9-18-5-3-4-6-19(18)11-16/h3-12,14-15,25H,2,13H2,1H3,(H,26,27)/b23-14-. The second-order valence-electron chi connectivity index (χ2n) is 6.75. The van der Waals surface area contributed by atoms with Gasteiger partial charge in [0.05, 0.1) is 6.61 Å². The third kappa shape index (κ3) is 3.76. The number of aromatic amines is 1. The summed E-state index contributed by atoms with van der Waals surface area (Å²) in [6, 6.07) is 22.8. The Labute approximate surface area is 163 Å². The largest absolute Gasteiger partial charge is 0.487 e. The lowest BCUT2D eigenvalue weighted by molar-refractivity contribution is -0.136. The number of carboxylic acids is 1. The van der Waals surface area contributed by atoms with E-state index in [0.717, 1.165) is 28.6 Å². The van der Waals surface area contributed by atoms with Crippen molar-refractivity contribution >= 4 is 33.7 Å². The van der Waals surface area contributed by atoms with Gasteiger partial charge in [0.1, 0.15) is 0 Å². The molecule has 3 aromatic carbocycles. The van der Waals surface area contributed by atoms with Gasteiger partial charge in [-0.2, -0.15) is 0 Å². The van der Waals surface area contributed by atoms with E-state index in [-0.39, 0.29) is 5.76 Å². The van der Waals surface area contributed by atoms with Crippen LogP contribution >= 0.6 is 0 Å².